The number of aryl methyl sites for hydroxylation is 1. The standard InChI is InChI=1S/C25H24N2O3S/c28-24(17-30-21-9-2-1-3-10-21)26-20-12-14-22(15-13-20)31-18-25(29)27-16-6-8-19-7-4-5-11-23(19)27/h1-5,7,9-15H,6,8,16-18H2,(H,26,28). The number of thioether (sulfide) groups is 1. The lowest BCUT2D eigenvalue weighted by Crippen LogP contribution is -2.36. The monoisotopic (exact) mass is 432 g/mol. The number of fused-ring (bicyclic) bond motifs is 1. The number of para-hydroxylation sites is 2. The van der Waals surface area contributed by atoms with Crippen LogP contribution in [0.5, 0.6) is 5.75 Å². The van der Waals surface area contributed by atoms with Crippen molar-refractivity contribution in [2.75, 3.05) is 29.1 Å². The molecule has 0 saturated carbocycles. The summed E-state index contributed by atoms with van der Waals surface area (Å²) < 4.78 is 5.45. The molecule has 0 radical (unpaired) electrons. The van der Waals surface area contributed by atoms with Crippen LogP contribution in [0.1, 0.15) is 12.0 Å². The van der Waals surface area contributed by atoms with E-state index in [4.69, 9.17) is 4.74 Å². The molecule has 0 fully saturated rings. The molecule has 3 aromatic rings. The van der Waals surface area contributed by atoms with Gasteiger partial charge in [0.2, 0.25) is 5.91 Å². The summed E-state index contributed by atoms with van der Waals surface area (Å²) in [5.74, 6) is 0.937. The Bertz CT molecular complexity index is 1040. The largest absolute Gasteiger partial charge is 0.484 e. The molecule has 1 aliphatic heterocycles. The average Bonchev–Trinajstić information content (AvgIpc) is 2.82. The SMILES string of the molecule is O=C(COc1ccccc1)Nc1ccc(SCC(=O)N2CCCc3ccccc32)cc1. The second-order valence-corrected chi connectivity index (χ2v) is 8.29. The van der Waals surface area contributed by atoms with Gasteiger partial charge >= 0.3 is 0 Å². The molecule has 0 unspecified atom stereocenters. The van der Waals surface area contributed by atoms with E-state index in [1.807, 2.05) is 77.7 Å². The summed E-state index contributed by atoms with van der Waals surface area (Å²) >= 11 is 1.50. The van der Waals surface area contributed by atoms with E-state index in [0.717, 1.165) is 30.0 Å². The number of anilines is 2. The molecule has 0 aromatic heterocycles. The Hall–Kier alpha value is -3.25. The van der Waals surface area contributed by atoms with Gasteiger partial charge in [0.1, 0.15) is 5.75 Å². The van der Waals surface area contributed by atoms with Crippen molar-refractivity contribution in [1.82, 2.24) is 0 Å². The second kappa shape index (κ2) is 10.2. The average molecular weight is 433 g/mol. The Morgan fingerprint density at radius 3 is 2.48 bits per heavy atom. The predicted molar refractivity (Wildman–Crippen MR) is 125 cm³/mol. The fraction of sp³-hybridized carbons (Fsp3) is 0.200. The summed E-state index contributed by atoms with van der Waals surface area (Å²) in [7, 11) is 0. The lowest BCUT2D eigenvalue weighted by atomic mass is 10.0. The Labute approximate surface area is 186 Å². The molecule has 1 heterocycles. The zero-order valence-corrected chi connectivity index (χ0v) is 17.9. The number of carbonyl (C=O) groups excluding carboxylic acids is 2. The number of hydrogen-bond donors (Lipinski definition) is 1. The quantitative estimate of drug-likeness (QED) is 0.546. The van der Waals surface area contributed by atoms with Crippen LogP contribution in [-0.2, 0) is 16.0 Å². The molecule has 1 aliphatic rings. The summed E-state index contributed by atoms with van der Waals surface area (Å²) in [6, 6.07) is 24.9. The third-order valence-corrected chi connectivity index (χ3v) is 6.02. The van der Waals surface area contributed by atoms with Gasteiger partial charge in [0.15, 0.2) is 6.61 Å². The molecule has 0 bridgehead atoms. The van der Waals surface area contributed by atoms with E-state index in [0.29, 0.717) is 17.2 Å². The maximum absolute atomic E-state index is 12.8. The van der Waals surface area contributed by atoms with Crippen LogP contribution >= 0.6 is 11.8 Å². The van der Waals surface area contributed by atoms with E-state index in [1.165, 1.54) is 17.3 Å². The van der Waals surface area contributed by atoms with Crippen molar-refractivity contribution in [3.8, 4) is 5.75 Å². The van der Waals surface area contributed by atoms with Crippen LogP contribution in [0.2, 0.25) is 0 Å². The van der Waals surface area contributed by atoms with Gasteiger partial charge in [-0.2, -0.15) is 0 Å². The maximum Gasteiger partial charge on any atom is 0.262 e. The minimum atomic E-state index is -0.219. The summed E-state index contributed by atoms with van der Waals surface area (Å²) in [5.41, 5.74) is 2.97. The van der Waals surface area contributed by atoms with Gasteiger partial charge in [-0.25, -0.2) is 0 Å². The van der Waals surface area contributed by atoms with Crippen LogP contribution in [0, 0.1) is 0 Å². The molecule has 0 aliphatic carbocycles. The fourth-order valence-corrected chi connectivity index (χ4v) is 4.29. The van der Waals surface area contributed by atoms with Crippen LogP contribution in [0.4, 0.5) is 11.4 Å². The van der Waals surface area contributed by atoms with Crippen LogP contribution in [-0.4, -0.2) is 30.7 Å². The number of nitrogens with zero attached hydrogens (tertiary/aromatic N) is 1. The third-order valence-electron chi connectivity index (χ3n) is 5.02. The van der Waals surface area contributed by atoms with E-state index >= 15 is 0 Å². The first kappa shape index (κ1) is 21.0. The Kier molecular flexibility index (Phi) is 6.89. The summed E-state index contributed by atoms with van der Waals surface area (Å²) in [4.78, 5) is 27.7. The first-order valence-corrected chi connectivity index (χ1v) is 11.3. The number of hydrogen-bond acceptors (Lipinski definition) is 4. The van der Waals surface area contributed by atoms with Gasteiger partial charge in [-0.1, -0.05) is 36.4 Å². The van der Waals surface area contributed by atoms with E-state index in [-0.39, 0.29) is 18.4 Å². The molecular weight excluding hydrogens is 408 g/mol. The molecule has 3 aromatic carbocycles. The zero-order chi connectivity index (χ0) is 21.5. The maximum atomic E-state index is 12.8. The highest BCUT2D eigenvalue weighted by Crippen LogP contribution is 2.28. The lowest BCUT2D eigenvalue weighted by molar-refractivity contribution is -0.118. The minimum Gasteiger partial charge on any atom is -0.484 e. The normalized spacial score (nSPS) is 12.7. The zero-order valence-electron chi connectivity index (χ0n) is 17.1. The number of benzene rings is 3. The van der Waals surface area contributed by atoms with Crippen molar-refractivity contribution >= 4 is 35.0 Å². The van der Waals surface area contributed by atoms with Crippen molar-refractivity contribution in [3.05, 3.63) is 84.4 Å². The van der Waals surface area contributed by atoms with Crippen molar-refractivity contribution in [3.63, 3.8) is 0 Å². The van der Waals surface area contributed by atoms with Crippen LogP contribution in [0.3, 0.4) is 0 Å². The molecule has 0 atom stereocenters. The molecule has 31 heavy (non-hydrogen) atoms. The summed E-state index contributed by atoms with van der Waals surface area (Å²) in [6.45, 7) is 0.721. The van der Waals surface area contributed by atoms with Crippen LogP contribution in [0.15, 0.2) is 83.8 Å². The number of ether oxygens (including phenoxy) is 1. The topological polar surface area (TPSA) is 58.6 Å². The molecule has 0 spiro atoms. The van der Waals surface area contributed by atoms with Gasteiger partial charge in [-0.3, -0.25) is 9.59 Å². The van der Waals surface area contributed by atoms with Crippen molar-refractivity contribution in [1.29, 1.82) is 0 Å². The molecule has 2 amide bonds. The van der Waals surface area contributed by atoms with Crippen molar-refractivity contribution in [2.24, 2.45) is 0 Å². The first-order chi connectivity index (χ1) is 15.2. The predicted octanol–water partition coefficient (Wildman–Crippen LogP) is 4.78. The van der Waals surface area contributed by atoms with Gasteiger partial charge in [0, 0.05) is 22.8 Å². The Morgan fingerprint density at radius 1 is 0.935 bits per heavy atom. The van der Waals surface area contributed by atoms with E-state index < -0.39 is 0 Å². The lowest BCUT2D eigenvalue weighted by Gasteiger charge is -2.29. The highest BCUT2D eigenvalue weighted by molar-refractivity contribution is 8.00. The Balaban J connectivity index is 1.26. The second-order valence-electron chi connectivity index (χ2n) is 7.24. The van der Waals surface area contributed by atoms with E-state index in [9.17, 15) is 9.59 Å². The van der Waals surface area contributed by atoms with Gasteiger partial charge in [-0.15, -0.1) is 11.8 Å². The van der Waals surface area contributed by atoms with Gasteiger partial charge < -0.3 is 15.0 Å². The van der Waals surface area contributed by atoms with Gasteiger partial charge in [-0.05, 0) is 60.9 Å². The molecular formula is C25H24N2O3S. The number of rotatable bonds is 7. The molecule has 0 saturated heterocycles. The molecule has 1 N–H and O–H groups in total. The van der Waals surface area contributed by atoms with E-state index in [1.54, 1.807) is 0 Å². The van der Waals surface area contributed by atoms with E-state index in [2.05, 4.69) is 11.4 Å². The summed E-state index contributed by atoms with van der Waals surface area (Å²) in [5, 5.41) is 2.82. The highest BCUT2D eigenvalue weighted by atomic mass is 32.2. The van der Waals surface area contributed by atoms with Gasteiger partial charge in [0.25, 0.3) is 5.91 Å². The summed E-state index contributed by atoms with van der Waals surface area (Å²) in [6.07, 6.45) is 2.02. The molecule has 158 valence electrons. The minimum absolute atomic E-state index is 0.0493. The highest BCUT2D eigenvalue weighted by Gasteiger charge is 2.21. The fourth-order valence-electron chi connectivity index (χ4n) is 3.51. The first-order valence-electron chi connectivity index (χ1n) is 10.3. The number of carbonyl (C=O) groups is 2. The van der Waals surface area contributed by atoms with Crippen molar-refractivity contribution in [2.45, 2.75) is 17.7 Å². The number of amides is 2. The number of nitrogens with one attached hydrogen (secondary N) is 1. The molecule has 4 rings (SSSR count). The van der Waals surface area contributed by atoms with Crippen molar-refractivity contribution < 1.29 is 14.3 Å². The van der Waals surface area contributed by atoms with Crippen LogP contribution < -0.4 is 15.0 Å². The van der Waals surface area contributed by atoms with Crippen LogP contribution in [0.25, 0.3) is 0 Å². The third kappa shape index (κ3) is 5.67. The van der Waals surface area contributed by atoms with Gasteiger partial charge in [0.05, 0.1) is 5.75 Å². The molecule has 6 heteroatoms. The smallest absolute Gasteiger partial charge is 0.262 e. The molecule has 5 nitrogen and oxygen atoms in total. The Morgan fingerprint density at radius 2 is 1.68 bits per heavy atom.